The third-order valence-corrected chi connectivity index (χ3v) is 4.18. The van der Waals surface area contributed by atoms with E-state index in [2.05, 4.69) is 5.32 Å². The van der Waals surface area contributed by atoms with Gasteiger partial charge in [-0.2, -0.15) is 0 Å². The highest BCUT2D eigenvalue weighted by molar-refractivity contribution is 6.30. The zero-order valence-electron chi connectivity index (χ0n) is 12.7. The van der Waals surface area contributed by atoms with Gasteiger partial charge in [-0.05, 0) is 62.5 Å². The highest BCUT2D eigenvalue weighted by Gasteiger charge is 2.22. The number of amides is 1. The molecule has 0 spiro atoms. The zero-order chi connectivity index (χ0) is 15.2. The first-order valence-corrected chi connectivity index (χ1v) is 7.85. The minimum Gasteiger partial charge on any atom is -0.339 e. The van der Waals surface area contributed by atoms with Crippen molar-refractivity contribution in [2.45, 2.75) is 19.8 Å². The smallest absolute Gasteiger partial charge is 0.246 e. The maximum atomic E-state index is 12.4. The number of hydrogen-bond donors (Lipinski definition) is 1. The first kappa shape index (κ1) is 16.1. The lowest BCUT2D eigenvalue weighted by molar-refractivity contribution is -0.127. The number of hydrogen-bond acceptors (Lipinski definition) is 2. The minimum absolute atomic E-state index is 0.105. The Balaban J connectivity index is 2.04. The predicted octanol–water partition coefficient (Wildman–Crippen LogP) is 3.20. The Morgan fingerprint density at radius 1 is 1.52 bits per heavy atom. The van der Waals surface area contributed by atoms with E-state index in [0.29, 0.717) is 10.9 Å². The Morgan fingerprint density at radius 3 is 3.05 bits per heavy atom. The largest absolute Gasteiger partial charge is 0.339 e. The van der Waals surface area contributed by atoms with Gasteiger partial charge in [-0.25, -0.2) is 0 Å². The third kappa shape index (κ3) is 4.58. The molecule has 3 nitrogen and oxygen atoms in total. The number of rotatable bonds is 4. The molecule has 1 N–H and O–H groups in total. The summed E-state index contributed by atoms with van der Waals surface area (Å²) in [6.07, 6.45) is 4.01. The van der Waals surface area contributed by atoms with Gasteiger partial charge >= 0.3 is 0 Å². The molecular formula is C17H23ClN2O. The summed E-state index contributed by atoms with van der Waals surface area (Å²) in [5.41, 5.74) is 1.96. The summed E-state index contributed by atoms with van der Waals surface area (Å²) in [5, 5.41) is 3.90. The second-order valence-electron chi connectivity index (χ2n) is 5.69. The van der Waals surface area contributed by atoms with Crippen molar-refractivity contribution in [1.29, 1.82) is 0 Å². The van der Waals surface area contributed by atoms with Gasteiger partial charge in [-0.1, -0.05) is 23.7 Å². The molecule has 0 aliphatic carbocycles. The summed E-state index contributed by atoms with van der Waals surface area (Å²) in [4.78, 5) is 14.4. The van der Waals surface area contributed by atoms with Crippen molar-refractivity contribution < 1.29 is 4.79 Å². The molecule has 1 aromatic carbocycles. The van der Waals surface area contributed by atoms with E-state index < -0.39 is 0 Å². The van der Waals surface area contributed by atoms with E-state index in [1.54, 1.807) is 6.08 Å². The summed E-state index contributed by atoms with van der Waals surface area (Å²) < 4.78 is 0. The molecule has 114 valence electrons. The number of allylic oxidation sites excluding steroid dienone is 1. The van der Waals surface area contributed by atoms with Gasteiger partial charge in [0.2, 0.25) is 5.91 Å². The fourth-order valence-electron chi connectivity index (χ4n) is 2.81. The first-order chi connectivity index (χ1) is 10.1. The Morgan fingerprint density at radius 2 is 2.33 bits per heavy atom. The normalized spacial score (nSPS) is 19.7. The van der Waals surface area contributed by atoms with Crippen molar-refractivity contribution in [3.8, 4) is 0 Å². The molecule has 0 saturated carbocycles. The third-order valence-electron chi connectivity index (χ3n) is 3.94. The summed E-state index contributed by atoms with van der Waals surface area (Å²) in [5.74, 6) is 0.667. The van der Waals surface area contributed by atoms with Gasteiger partial charge in [-0.3, -0.25) is 4.79 Å². The highest BCUT2D eigenvalue weighted by atomic mass is 35.5. The van der Waals surface area contributed by atoms with E-state index >= 15 is 0 Å². The summed E-state index contributed by atoms with van der Waals surface area (Å²) >= 11 is 6.00. The van der Waals surface area contributed by atoms with Crippen molar-refractivity contribution in [2.75, 3.05) is 26.7 Å². The molecule has 1 aromatic rings. The Bertz CT molecular complexity index is 525. The minimum atomic E-state index is 0.105. The lowest BCUT2D eigenvalue weighted by Gasteiger charge is -2.32. The van der Waals surface area contributed by atoms with Crippen molar-refractivity contribution >= 4 is 23.1 Å². The molecule has 1 fully saturated rings. The average molecular weight is 307 g/mol. The highest BCUT2D eigenvalue weighted by Crippen LogP contribution is 2.20. The van der Waals surface area contributed by atoms with E-state index in [0.717, 1.165) is 37.2 Å². The number of nitrogens with one attached hydrogen (secondary N) is 1. The number of nitrogens with zero attached hydrogens (tertiary/aromatic N) is 1. The molecule has 0 aromatic heterocycles. The van der Waals surface area contributed by atoms with Gasteiger partial charge < -0.3 is 10.2 Å². The molecule has 2 rings (SSSR count). The fourth-order valence-corrected chi connectivity index (χ4v) is 3.00. The van der Waals surface area contributed by atoms with E-state index in [-0.39, 0.29) is 5.91 Å². The Hall–Kier alpha value is -1.32. The zero-order valence-corrected chi connectivity index (χ0v) is 13.5. The van der Waals surface area contributed by atoms with Gasteiger partial charge in [0, 0.05) is 24.2 Å². The number of halogens is 1. The van der Waals surface area contributed by atoms with Crippen molar-refractivity contribution in [1.82, 2.24) is 10.2 Å². The molecule has 1 heterocycles. The van der Waals surface area contributed by atoms with Crippen LogP contribution in [0.1, 0.15) is 25.3 Å². The number of benzene rings is 1. The van der Waals surface area contributed by atoms with Crippen LogP contribution in [-0.4, -0.2) is 37.5 Å². The van der Waals surface area contributed by atoms with Gasteiger partial charge in [0.1, 0.15) is 0 Å². The Labute approximate surface area is 132 Å². The molecule has 1 amide bonds. The van der Waals surface area contributed by atoms with Crippen LogP contribution in [0.15, 0.2) is 30.3 Å². The monoisotopic (exact) mass is 306 g/mol. The number of carbonyl (C=O) groups excluding carboxylic acids is 1. The van der Waals surface area contributed by atoms with Gasteiger partial charge in [0.05, 0.1) is 0 Å². The fraction of sp³-hybridized carbons (Fsp3) is 0.471. The number of carbonyl (C=O) groups is 1. The standard InChI is InChI=1S/C17H23ClN2O/c1-13(15-6-3-7-16(18)10-15)9-17(21)20-8-4-5-14(12-20)11-19-2/h3,6-7,9-10,14,19H,4-5,8,11-12H2,1-2H3/b13-9-. The topological polar surface area (TPSA) is 32.3 Å². The van der Waals surface area contributed by atoms with Crippen molar-refractivity contribution in [2.24, 2.45) is 5.92 Å². The van der Waals surface area contributed by atoms with Crippen molar-refractivity contribution in [3.63, 3.8) is 0 Å². The SMILES string of the molecule is CNCC1CCCN(C(=O)/C=C(/C)c2cccc(Cl)c2)C1. The summed E-state index contributed by atoms with van der Waals surface area (Å²) in [6, 6.07) is 7.61. The van der Waals surface area contributed by atoms with Crippen LogP contribution in [0, 0.1) is 5.92 Å². The van der Waals surface area contributed by atoms with Crippen LogP contribution in [0.4, 0.5) is 0 Å². The molecular weight excluding hydrogens is 284 g/mol. The molecule has 1 saturated heterocycles. The van der Waals surface area contributed by atoms with Gasteiger partial charge in [-0.15, -0.1) is 0 Å². The van der Waals surface area contributed by atoms with Crippen LogP contribution < -0.4 is 5.32 Å². The average Bonchev–Trinajstić information content (AvgIpc) is 2.48. The Kier molecular flexibility index (Phi) is 5.83. The van der Waals surface area contributed by atoms with E-state index in [1.807, 2.05) is 43.1 Å². The molecule has 1 atom stereocenters. The molecule has 21 heavy (non-hydrogen) atoms. The maximum Gasteiger partial charge on any atom is 0.246 e. The molecule has 0 bridgehead atoms. The first-order valence-electron chi connectivity index (χ1n) is 7.48. The van der Waals surface area contributed by atoms with Crippen LogP contribution in [0.3, 0.4) is 0 Å². The van der Waals surface area contributed by atoms with E-state index in [4.69, 9.17) is 11.6 Å². The van der Waals surface area contributed by atoms with Crippen LogP contribution in [0.2, 0.25) is 5.02 Å². The molecule has 0 radical (unpaired) electrons. The number of piperidine rings is 1. The van der Waals surface area contributed by atoms with Crippen LogP contribution in [0.25, 0.3) is 5.57 Å². The van der Waals surface area contributed by atoms with Gasteiger partial charge in [0.15, 0.2) is 0 Å². The van der Waals surface area contributed by atoms with E-state index in [9.17, 15) is 4.79 Å². The van der Waals surface area contributed by atoms with Crippen LogP contribution >= 0.6 is 11.6 Å². The van der Waals surface area contributed by atoms with Crippen molar-refractivity contribution in [3.05, 3.63) is 40.9 Å². The van der Waals surface area contributed by atoms with E-state index in [1.165, 1.54) is 6.42 Å². The maximum absolute atomic E-state index is 12.4. The predicted molar refractivity (Wildman–Crippen MR) is 88.3 cm³/mol. The summed E-state index contributed by atoms with van der Waals surface area (Å²) in [6.45, 7) is 4.64. The summed E-state index contributed by atoms with van der Waals surface area (Å²) in [7, 11) is 1.96. The molecule has 4 heteroatoms. The quantitative estimate of drug-likeness (QED) is 0.866. The molecule has 1 aliphatic rings. The van der Waals surface area contributed by atoms with Gasteiger partial charge in [0.25, 0.3) is 0 Å². The van der Waals surface area contributed by atoms with Crippen LogP contribution in [0.5, 0.6) is 0 Å². The lowest BCUT2D eigenvalue weighted by Crippen LogP contribution is -2.41. The molecule has 1 unspecified atom stereocenters. The second kappa shape index (κ2) is 7.62. The number of likely N-dealkylation sites (tertiary alicyclic amines) is 1. The van der Waals surface area contributed by atoms with Crippen LogP contribution in [-0.2, 0) is 4.79 Å². The second-order valence-corrected chi connectivity index (χ2v) is 6.12. The molecule has 1 aliphatic heterocycles. The lowest BCUT2D eigenvalue weighted by atomic mass is 9.97.